The van der Waals surface area contributed by atoms with Crippen molar-refractivity contribution in [3.63, 3.8) is 0 Å². The van der Waals surface area contributed by atoms with Crippen LogP contribution in [0.1, 0.15) is 178 Å². The first-order valence-electron chi connectivity index (χ1n) is 24.6. The van der Waals surface area contributed by atoms with Gasteiger partial charge in [-0.15, -0.1) is 22.7 Å². The summed E-state index contributed by atoms with van der Waals surface area (Å²) in [5.74, 6) is 0. The van der Waals surface area contributed by atoms with Crippen molar-refractivity contribution in [3.8, 4) is 20.9 Å². The minimum Gasteiger partial charge on any atom is -0.243 e. The van der Waals surface area contributed by atoms with Gasteiger partial charge in [0.05, 0.1) is 29.6 Å². The minimum atomic E-state index is 1.01. The number of thiophene rings is 2. The second-order valence-electron chi connectivity index (χ2n) is 18.0. The van der Waals surface area contributed by atoms with E-state index in [0.29, 0.717) is 0 Å². The van der Waals surface area contributed by atoms with Gasteiger partial charge in [-0.3, -0.25) is 0 Å². The van der Waals surface area contributed by atoms with Gasteiger partial charge in [0.15, 0.2) is 0 Å². The Bertz CT molecular complexity index is 2360. The van der Waals surface area contributed by atoms with E-state index in [1.54, 1.807) is 0 Å². The molecule has 0 radical (unpaired) electrons. The van der Waals surface area contributed by atoms with Gasteiger partial charge >= 0.3 is 0 Å². The SMILES string of the molecule is CCCCCCCCc1ccc2c3ccc(CCCCCCCC)cc3c3nc4c(-c5cc(CCCCCC)c(Br)s5)ccc(-c5cc(CCCCCC)c(Br)s5)c4nc3c2c1. The minimum absolute atomic E-state index is 1.01. The Hall–Kier alpha value is -2.64. The number of unbranched alkanes of at least 4 members (excludes halogenated alkanes) is 16. The summed E-state index contributed by atoms with van der Waals surface area (Å²) in [7, 11) is 0. The molecule has 0 fully saturated rings. The van der Waals surface area contributed by atoms with Crippen LogP contribution in [0.25, 0.3) is 64.5 Å². The second-order valence-corrected chi connectivity index (χ2v) is 22.8. The third-order valence-corrected chi connectivity index (χ3v) is 17.1. The number of rotatable bonds is 26. The summed E-state index contributed by atoms with van der Waals surface area (Å²) in [5, 5.41) is 5.06. The van der Waals surface area contributed by atoms with E-state index in [4.69, 9.17) is 9.97 Å². The fourth-order valence-corrected chi connectivity index (χ4v) is 13.0. The lowest BCUT2D eigenvalue weighted by molar-refractivity contribution is 0.607. The van der Waals surface area contributed by atoms with Gasteiger partial charge < -0.3 is 0 Å². The van der Waals surface area contributed by atoms with Gasteiger partial charge in [0.1, 0.15) is 0 Å². The monoisotopic (exact) mass is 992 g/mol. The van der Waals surface area contributed by atoms with E-state index in [9.17, 15) is 0 Å². The van der Waals surface area contributed by atoms with Crippen LogP contribution < -0.4 is 0 Å². The molecule has 2 nitrogen and oxygen atoms in total. The van der Waals surface area contributed by atoms with Crippen LogP contribution in [-0.4, -0.2) is 9.97 Å². The standard InChI is InChI=1S/C56H70Br2N2S2/c1-5-9-13-17-19-21-25-39-29-31-43-44-32-30-40(26-22-20-18-14-10-6-2)36-48(44)54-53(47(43)35-39)59-51-45(49-37-41(55(57)61-49)27-23-15-11-7-3)33-34-46(52(51)60-54)50-38-42(56(58)62-50)28-24-16-12-8-4/h29-38H,5-28H2,1-4H3. The van der Waals surface area contributed by atoms with E-state index in [1.807, 2.05) is 22.7 Å². The summed E-state index contributed by atoms with van der Waals surface area (Å²) in [6.07, 6.45) is 30.2. The van der Waals surface area contributed by atoms with Crippen molar-refractivity contribution in [1.29, 1.82) is 0 Å². The van der Waals surface area contributed by atoms with Gasteiger partial charge in [-0.25, -0.2) is 9.97 Å². The predicted octanol–water partition coefficient (Wildman–Crippen LogP) is 20.1. The molecule has 7 rings (SSSR count). The third-order valence-electron chi connectivity index (χ3n) is 13.1. The lowest BCUT2D eigenvalue weighted by atomic mass is 9.93. The van der Waals surface area contributed by atoms with E-state index in [0.717, 1.165) is 47.8 Å². The number of halogens is 2. The molecule has 3 heterocycles. The fourth-order valence-electron chi connectivity index (χ4n) is 9.39. The predicted molar refractivity (Wildman–Crippen MR) is 284 cm³/mol. The summed E-state index contributed by atoms with van der Waals surface area (Å²) in [5.41, 5.74) is 12.1. The summed E-state index contributed by atoms with van der Waals surface area (Å²) in [6.45, 7) is 9.18. The van der Waals surface area contributed by atoms with Gasteiger partial charge in [-0.1, -0.05) is 167 Å². The highest BCUT2D eigenvalue weighted by molar-refractivity contribution is 9.11. The Morgan fingerprint density at radius 3 is 1.13 bits per heavy atom. The smallest absolute Gasteiger partial charge is 0.0988 e. The molecule has 0 unspecified atom stereocenters. The number of benzene rings is 4. The van der Waals surface area contributed by atoms with Crippen LogP contribution in [-0.2, 0) is 25.7 Å². The number of fused-ring (bicyclic) bond motifs is 7. The van der Waals surface area contributed by atoms with Gasteiger partial charge in [-0.05, 0) is 141 Å². The van der Waals surface area contributed by atoms with Crippen LogP contribution in [0, 0.1) is 0 Å². The quantitative estimate of drug-likeness (QED) is 0.0307. The van der Waals surface area contributed by atoms with Crippen molar-refractivity contribution in [2.24, 2.45) is 0 Å². The van der Waals surface area contributed by atoms with E-state index in [-0.39, 0.29) is 0 Å². The first-order valence-corrected chi connectivity index (χ1v) is 27.8. The maximum Gasteiger partial charge on any atom is 0.0988 e. The average Bonchev–Trinajstić information content (AvgIpc) is 3.85. The molecule has 0 atom stereocenters. The maximum atomic E-state index is 5.87. The molecule has 0 aliphatic carbocycles. The van der Waals surface area contributed by atoms with Crippen molar-refractivity contribution >= 4 is 98.1 Å². The van der Waals surface area contributed by atoms with Gasteiger partial charge in [0, 0.05) is 31.7 Å². The molecule has 0 bridgehead atoms. The molecule has 0 N–H and O–H groups in total. The van der Waals surface area contributed by atoms with Crippen molar-refractivity contribution in [2.75, 3.05) is 0 Å². The summed E-state index contributed by atoms with van der Waals surface area (Å²) in [6, 6.07) is 24.1. The lowest BCUT2D eigenvalue weighted by Crippen LogP contribution is -1.97. The van der Waals surface area contributed by atoms with E-state index < -0.39 is 0 Å². The van der Waals surface area contributed by atoms with Crippen LogP contribution in [0.5, 0.6) is 0 Å². The zero-order chi connectivity index (χ0) is 43.3. The maximum absolute atomic E-state index is 5.87. The van der Waals surface area contributed by atoms with Gasteiger partial charge in [-0.2, -0.15) is 0 Å². The Labute approximate surface area is 398 Å². The zero-order valence-electron chi connectivity index (χ0n) is 38.2. The number of nitrogens with zero attached hydrogens (tertiary/aromatic N) is 2. The zero-order valence-corrected chi connectivity index (χ0v) is 43.0. The molecule has 0 aliphatic heterocycles. The molecule has 330 valence electrons. The number of aryl methyl sites for hydroxylation is 4. The first-order chi connectivity index (χ1) is 30.4. The van der Waals surface area contributed by atoms with Crippen molar-refractivity contribution in [3.05, 3.63) is 90.5 Å². The van der Waals surface area contributed by atoms with Crippen LogP contribution in [0.2, 0.25) is 0 Å². The lowest BCUT2D eigenvalue weighted by Gasteiger charge is -2.15. The van der Waals surface area contributed by atoms with Gasteiger partial charge in [0.2, 0.25) is 0 Å². The first kappa shape index (κ1) is 47.3. The highest BCUT2D eigenvalue weighted by Gasteiger charge is 2.21. The summed E-state index contributed by atoms with van der Waals surface area (Å²) < 4.78 is 2.50. The second kappa shape index (κ2) is 24.0. The highest BCUT2D eigenvalue weighted by atomic mass is 79.9. The Morgan fingerprint density at radius 2 is 0.726 bits per heavy atom. The molecule has 6 heteroatoms. The van der Waals surface area contributed by atoms with E-state index >= 15 is 0 Å². The Morgan fingerprint density at radius 1 is 0.371 bits per heavy atom. The molecule has 0 saturated carbocycles. The van der Waals surface area contributed by atoms with Crippen molar-refractivity contribution < 1.29 is 0 Å². The molecule has 0 saturated heterocycles. The van der Waals surface area contributed by atoms with Gasteiger partial charge in [0.25, 0.3) is 0 Å². The summed E-state index contributed by atoms with van der Waals surface area (Å²) in [4.78, 5) is 14.3. The Balaban J connectivity index is 1.40. The van der Waals surface area contributed by atoms with E-state index in [2.05, 4.69) is 120 Å². The van der Waals surface area contributed by atoms with E-state index in [1.165, 1.54) is 201 Å². The normalized spacial score (nSPS) is 12.0. The largest absolute Gasteiger partial charge is 0.243 e. The molecule has 0 amide bonds. The molecular formula is C56H70Br2N2S2. The van der Waals surface area contributed by atoms with Crippen molar-refractivity contribution in [1.82, 2.24) is 9.97 Å². The molecule has 7 aromatic rings. The average molecular weight is 995 g/mol. The molecule has 3 aromatic heterocycles. The fraction of sp³-hybridized carbons (Fsp3) is 0.500. The molecular weight excluding hydrogens is 925 g/mol. The van der Waals surface area contributed by atoms with Crippen LogP contribution in [0.15, 0.2) is 68.2 Å². The highest BCUT2D eigenvalue weighted by Crippen LogP contribution is 2.45. The summed E-state index contributed by atoms with van der Waals surface area (Å²) >= 11 is 11.7. The van der Waals surface area contributed by atoms with Crippen molar-refractivity contribution in [2.45, 2.75) is 182 Å². The molecule has 0 aliphatic rings. The van der Waals surface area contributed by atoms with Crippen LogP contribution >= 0.6 is 54.5 Å². The third kappa shape index (κ3) is 11.8. The van der Waals surface area contributed by atoms with Crippen LogP contribution in [0.4, 0.5) is 0 Å². The number of hydrogen-bond donors (Lipinski definition) is 0. The molecule has 62 heavy (non-hydrogen) atoms. The molecule has 0 spiro atoms. The molecule has 4 aromatic carbocycles. The van der Waals surface area contributed by atoms with Crippen LogP contribution in [0.3, 0.4) is 0 Å². The number of hydrogen-bond acceptors (Lipinski definition) is 4. The topological polar surface area (TPSA) is 25.8 Å². The Kier molecular flexibility index (Phi) is 18.4. The number of aromatic nitrogens is 2.